The van der Waals surface area contributed by atoms with Gasteiger partial charge in [-0.1, -0.05) is 44.1 Å². The van der Waals surface area contributed by atoms with Crippen LogP contribution in [0.4, 0.5) is 22.5 Å². The summed E-state index contributed by atoms with van der Waals surface area (Å²) in [5.74, 6) is 1.51. The lowest BCUT2D eigenvalue weighted by Crippen LogP contribution is -2.36. The molecule has 2 aliphatic rings. The highest BCUT2D eigenvalue weighted by Gasteiger charge is 2.23. The summed E-state index contributed by atoms with van der Waals surface area (Å²) in [6.45, 7) is 13.3. The first kappa shape index (κ1) is 28.5. The number of carbonyl (C=O) groups is 1. The Labute approximate surface area is 241 Å². The number of carbonyl (C=O) groups excluding carboxylic acids is 1. The third-order valence-electron chi connectivity index (χ3n) is 7.66. The Morgan fingerprint density at radius 1 is 0.975 bits per heavy atom. The van der Waals surface area contributed by atoms with Crippen LogP contribution in [0.5, 0.6) is 0 Å². The van der Waals surface area contributed by atoms with Crippen molar-refractivity contribution in [2.24, 2.45) is 0 Å². The van der Waals surface area contributed by atoms with Crippen molar-refractivity contribution in [1.29, 1.82) is 0 Å². The minimum atomic E-state index is -0.205. The summed E-state index contributed by atoms with van der Waals surface area (Å²) in [6, 6.07) is 5.90. The number of anilines is 4. The number of ether oxygens (including phenoxy) is 1. The van der Waals surface area contributed by atoms with Gasteiger partial charge in [0.05, 0.1) is 23.6 Å². The number of unbranched alkanes of at least 4 members (excludes halogenated alkanes) is 2. The largest absolute Gasteiger partial charge is 0.378 e. The number of fused-ring (bicyclic) bond motifs is 1. The van der Waals surface area contributed by atoms with Gasteiger partial charge >= 0.3 is 0 Å². The van der Waals surface area contributed by atoms with Gasteiger partial charge in [0.15, 0.2) is 16.6 Å². The molecule has 3 aromatic heterocycles. The number of pyridine rings is 2. The van der Waals surface area contributed by atoms with Gasteiger partial charge in [-0.15, -0.1) is 0 Å². The van der Waals surface area contributed by atoms with Gasteiger partial charge < -0.3 is 24.8 Å². The van der Waals surface area contributed by atoms with E-state index in [1.807, 2.05) is 12.1 Å². The van der Waals surface area contributed by atoms with Gasteiger partial charge in [-0.05, 0) is 56.7 Å². The number of nitrogens with one attached hydrogen (secondary N) is 1. The molecule has 0 unspecified atom stereocenters. The summed E-state index contributed by atoms with van der Waals surface area (Å²) in [7, 11) is 0. The highest BCUT2D eigenvalue weighted by atomic mass is 32.1. The zero-order chi connectivity index (χ0) is 27.9. The Morgan fingerprint density at radius 2 is 1.77 bits per heavy atom. The molecular weight excluding hydrogens is 522 g/mol. The van der Waals surface area contributed by atoms with Crippen LogP contribution in [0.2, 0.25) is 0 Å². The maximum Gasteiger partial charge on any atom is 0.274 e. The lowest BCUT2D eigenvalue weighted by atomic mass is 10.1. The second kappa shape index (κ2) is 13.6. The molecule has 9 nitrogen and oxygen atoms in total. The quantitative estimate of drug-likeness (QED) is 0.289. The molecule has 40 heavy (non-hydrogen) atoms. The third kappa shape index (κ3) is 6.66. The standard InChI is InChI=1S/C30H43N7O2S/c1-4-6-8-14-35(13-5-2)27-22(3)11-12-23(31-27)29(38)32-24-21-25-26(33-28(24)36-15-9-7-10-16-36)34-30(40-25)37-17-19-39-20-18-37/h11-12,21H,4-10,13-20H2,1-3H3,(H,32,38). The van der Waals surface area contributed by atoms with E-state index in [1.54, 1.807) is 11.3 Å². The summed E-state index contributed by atoms with van der Waals surface area (Å²) in [4.78, 5) is 35.3. The predicted molar refractivity (Wildman–Crippen MR) is 165 cm³/mol. The number of nitrogens with zero attached hydrogens (tertiary/aromatic N) is 6. The number of piperidine rings is 1. The van der Waals surface area contributed by atoms with Gasteiger partial charge in [0.1, 0.15) is 11.5 Å². The number of hydrogen-bond acceptors (Lipinski definition) is 9. The molecule has 0 atom stereocenters. The average molecular weight is 566 g/mol. The smallest absolute Gasteiger partial charge is 0.274 e. The Bertz CT molecular complexity index is 1280. The molecule has 5 rings (SSSR count). The molecule has 0 aliphatic carbocycles. The van der Waals surface area contributed by atoms with Gasteiger partial charge in [0.25, 0.3) is 5.91 Å². The number of aromatic nitrogens is 3. The van der Waals surface area contributed by atoms with Crippen LogP contribution < -0.4 is 20.0 Å². The topological polar surface area (TPSA) is 86.7 Å². The van der Waals surface area contributed by atoms with E-state index in [4.69, 9.17) is 19.7 Å². The zero-order valence-corrected chi connectivity index (χ0v) is 25.1. The first-order valence-electron chi connectivity index (χ1n) is 15.0. The van der Waals surface area contributed by atoms with Crippen molar-refractivity contribution in [3.63, 3.8) is 0 Å². The van der Waals surface area contributed by atoms with Gasteiger partial charge in [0.2, 0.25) is 0 Å². The number of rotatable bonds is 11. The second-order valence-electron chi connectivity index (χ2n) is 10.8. The van der Waals surface area contributed by atoms with E-state index in [2.05, 4.69) is 46.9 Å². The monoisotopic (exact) mass is 565 g/mol. The van der Waals surface area contributed by atoms with Crippen LogP contribution in [0.25, 0.3) is 10.3 Å². The molecule has 1 amide bonds. The highest BCUT2D eigenvalue weighted by molar-refractivity contribution is 7.22. The fraction of sp³-hybridized carbons (Fsp3) is 0.600. The Hall–Kier alpha value is -2.98. The Morgan fingerprint density at radius 3 is 2.52 bits per heavy atom. The first-order valence-corrected chi connectivity index (χ1v) is 15.8. The van der Waals surface area contributed by atoms with E-state index in [9.17, 15) is 4.79 Å². The maximum absolute atomic E-state index is 13.7. The van der Waals surface area contributed by atoms with Crippen LogP contribution in [0.3, 0.4) is 0 Å². The van der Waals surface area contributed by atoms with E-state index in [0.717, 1.165) is 103 Å². The summed E-state index contributed by atoms with van der Waals surface area (Å²) >= 11 is 1.62. The zero-order valence-electron chi connectivity index (χ0n) is 24.2. The van der Waals surface area contributed by atoms with E-state index in [1.165, 1.54) is 19.3 Å². The molecule has 0 radical (unpaired) electrons. The third-order valence-corrected chi connectivity index (χ3v) is 8.72. The minimum absolute atomic E-state index is 0.205. The molecule has 2 aliphatic heterocycles. The van der Waals surface area contributed by atoms with Crippen LogP contribution in [-0.4, -0.2) is 73.3 Å². The summed E-state index contributed by atoms with van der Waals surface area (Å²) in [5.41, 5.74) is 3.00. The van der Waals surface area contributed by atoms with E-state index < -0.39 is 0 Å². The van der Waals surface area contributed by atoms with Gasteiger partial charge in [-0.3, -0.25) is 4.79 Å². The van der Waals surface area contributed by atoms with Gasteiger partial charge in [-0.25, -0.2) is 9.97 Å². The lowest BCUT2D eigenvalue weighted by Gasteiger charge is -2.29. The number of hydrogen-bond donors (Lipinski definition) is 1. The second-order valence-corrected chi connectivity index (χ2v) is 11.8. The molecule has 5 heterocycles. The molecule has 0 bridgehead atoms. The van der Waals surface area contributed by atoms with Gasteiger partial charge in [0, 0.05) is 39.3 Å². The molecule has 2 fully saturated rings. The van der Waals surface area contributed by atoms with Crippen LogP contribution in [-0.2, 0) is 4.74 Å². The molecule has 0 spiro atoms. The van der Waals surface area contributed by atoms with Crippen LogP contribution in [0, 0.1) is 6.92 Å². The fourth-order valence-corrected chi connectivity index (χ4v) is 6.47. The van der Waals surface area contributed by atoms with Crippen molar-refractivity contribution in [2.75, 3.05) is 72.5 Å². The summed E-state index contributed by atoms with van der Waals surface area (Å²) in [5, 5.41) is 4.16. The molecular formula is C30H43N7O2S. The van der Waals surface area contributed by atoms with Crippen molar-refractivity contribution >= 4 is 50.0 Å². The molecule has 0 saturated carbocycles. The normalized spacial score (nSPS) is 16.0. The number of thiazole rings is 1. The van der Waals surface area contributed by atoms with E-state index in [-0.39, 0.29) is 5.91 Å². The molecule has 2 saturated heterocycles. The average Bonchev–Trinajstić information content (AvgIpc) is 3.41. The first-order chi connectivity index (χ1) is 19.6. The van der Waals surface area contributed by atoms with Crippen LogP contribution in [0.15, 0.2) is 18.2 Å². The van der Waals surface area contributed by atoms with Crippen molar-refractivity contribution in [1.82, 2.24) is 15.0 Å². The molecule has 3 aromatic rings. The van der Waals surface area contributed by atoms with E-state index >= 15 is 0 Å². The van der Waals surface area contributed by atoms with Crippen molar-refractivity contribution in [2.45, 2.75) is 65.7 Å². The van der Waals surface area contributed by atoms with Gasteiger partial charge in [-0.2, -0.15) is 4.98 Å². The Balaban J connectivity index is 1.44. The lowest BCUT2D eigenvalue weighted by molar-refractivity contribution is 0.102. The summed E-state index contributed by atoms with van der Waals surface area (Å²) in [6.07, 6.45) is 8.00. The predicted octanol–water partition coefficient (Wildman–Crippen LogP) is 5.88. The number of morpholine rings is 1. The highest BCUT2D eigenvalue weighted by Crippen LogP contribution is 2.35. The SMILES string of the molecule is CCCCCN(CCC)c1nc(C(=O)Nc2cc3sc(N4CCOCC4)nc3nc2N2CCCCC2)ccc1C. The molecule has 216 valence electrons. The van der Waals surface area contributed by atoms with Crippen molar-refractivity contribution < 1.29 is 9.53 Å². The molecule has 10 heteroatoms. The maximum atomic E-state index is 13.7. The van der Waals surface area contributed by atoms with Crippen molar-refractivity contribution in [3.05, 3.63) is 29.5 Å². The summed E-state index contributed by atoms with van der Waals surface area (Å²) < 4.78 is 6.50. The Kier molecular flexibility index (Phi) is 9.70. The molecule has 1 N–H and O–H groups in total. The van der Waals surface area contributed by atoms with Crippen LogP contribution >= 0.6 is 11.3 Å². The van der Waals surface area contributed by atoms with Crippen LogP contribution in [0.1, 0.15) is 74.8 Å². The van der Waals surface area contributed by atoms with E-state index in [0.29, 0.717) is 18.9 Å². The molecule has 0 aromatic carbocycles. The minimum Gasteiger partial charge on any atom is -0.378 e. The number of aryl methyl sites for hydroxylation is 1. The fourth-order valence-electron chi connectivity index (χ4n) is 5.47. The van der Waals surface area contributed by atoms with Crippen molar-refractivity contribution in [3.8, 4) is 0 Å². The number of amides is 1.